The van der Waals surface area contributed by atoms with E-state index in [0.717, 1.165) is 24.3 Å². The van der Waals surface area contributed by atoms with Gasteiger partial charge in [0.1, 0.15) is 9.23 Å². The van der Waals surface area contributed by atoms with Crippen LogP contribution in [0.3, 0.4) is 0 Å². The standard InChI is InChI=1S/C8H10Cl2N2O2S2.ClH/c9-7-3-6(8(10)15-7)16(13,14)12-5-1-2-11-4-5;/h3,5,11-12H,1-2,4H2;1H. The SMILES string of the molecule is Cl.O=S(=O)(NC1CCNC1)c1cc(Cl)sc1Cl. The molecular formula is C8H11Cl3N2O2S2. The first kappa shape index (κ1) is 15.5. The van der Waals surface area contributed by atoms with Crippen molar-refractivity contribution in [3.63, 3.8) is 0 Å². The van der Waals surface area contributed by atoms with Gasteiger partial charge in [-0.15, -0.1) is 23.7 Å². The summed E-state index contributed by atoms with van der Waals surface area (Å²) in [5.41, 5.74) is 0. The molecule has 1 aliphatic rings. The molecule has 1 aromatic heterocycles. The van der Waals surface area contributed by atoms with Gasteiger partial charge < -0.3 is 5.32 Å². The number of rotatable bonds is 3. The number of halogens is 3. The van der Waals surface area contributed by atoms with Crippen molar-refractivity contribution in [2.75, 3.05) is 13.1 Å². The average molecular weight is 338 g/mol. The second-order valence-corrected chi connectivity index (χ2v) is 7.47. The quantitative estimate of drug-likeness (QED) is 0.888. The molecule has 0 radical (unpaired) electrons. The predicted molar refractivity (Wildman–Crippen MR) is 73.2 cm³/mol. The van der Waals surface area contributed by atoms with Crippen molar-refractivity contribution in [2.45, 2.75) is 17.4 Å². The lowest BCUT2D eigenvalue weighted by atomic mass is 10.3. The molecule has 4 nitrogen and oxygen atoms in total. The Morgan fingerprint density at radius 3 is 2.65 bits per heavy atom. The summed E-state index contributed by atoms with van der Waals surface area (Å²) in [6, 6.07) is 1.30. The first-order valence-electron chi connectivity index (χ1n) is 4.67. The molecule has 98 valence electrons. The minimum absolute atomic E-state index is 0. The Morgan fingerprint density at radius 2 is 2.18 bits per heavy atom. The van der Waals surface area contributed by atoms with E-state index < -0.39 is 10.0 Å². The van der Waals surface area contributed by atoms with Crippen molar-refractivity contribution in [1.82, 2.24) is 10.0 Å². The molecule has 1 fully saturated rings. The Kier molecular flexibility index (Phi) is 5.52. The van der Waals surface area contributed by atoms with Crippen molar-refractivity contribution >= 4 is 57.0 Å². The van der Waals surface area contributed by atoms with Gasteiger partial charge in [0, 0.05) is 12.6 Å². The second kappa shape index (κ2) is 6.06. The lowest BCUT2D eigenvalue weighted by Gasteiger charge is -2.10. The molecule has 0 aliphatic carbocycles. The smallest absolute Gasteiger partial charge is 0.243 e. The summed E-state index contributed by atoms with van der Waals surface area (Å²) in [7, 11) is -3.55. The summed E-state index contributed by atoms with van der Waals surface area (Å²) in [5.74, 6) is 0. The van der Waals surface area contributed by atoms with Crippen LogP contribution in [0.25, 0.3) is 0 Å². The van der Waals surface area contributed by atoms with Crippen LogP contribution in [0.4, 0.5) is 0 Å². The van der Waals surface area contributed by atoms with Gasteiger partial charge in [-0.3, -0.25) is 0 Å². The van der Waals surface area contributed by atoms with E-state index in [1.54, 1.807) is 0 Å². The van der Waals surface area contributed by atoms with Gasteiger partial charge >= 0.3 is 0 Å². The van der Waals surface area contributed by atoms with Crippen molar-refractivity contribution in [1.29, 1.82) is 0 Å². The number of sulfonamides is 1. The summed E-state index contributed by atoms with van der Waals surface area (Å²) >= 11 is 12.6. The molecule has 1 aliphatic heterocycles. The van der Waals surface area contributed by atoms with Crippen molar-refractivity contribution in [3.05, 3.63) is 14.7 Å². The van der Waals surface area contributed by atoms with Crippen molar-refractivity contribution in [2.24, 2.45) is 0 Å². The van der Waals surface area contributed by atoms with Crippen LogP contribution in [-0.4, -0.2) is 27.5 Å². The highest BCUT2D eigenvalue weighted by Gasteiger charge is 2.25. The number of nitrogens with one attached hydrogen (secondary N) is 2. The molecule has 1 atom stereocenters. The molecule has 9 heteroatoms. The molecule has 0 spiro atoms. The van der Waals surface area contributed by atoms with Gasteiger partial charge in [-0.05, 0) is 19.0 Å². The summed E-state index contributed by atoms with van der Waals surface area (Å²) in [6.07, 6.45) is 0.786. The van der Waals surface area contributed by atoms with E-state index >= 15 is 0 Å². The van der Waals surface area contributed by atoms with Gasteiger partial charge in [-0.25, -0.2) is 13.1 Å². The number of hydrogen-bond acceptors (Lipinski definition) is 4. The van der Waals surface area contributed by atoms with E-state index in [4.69, 9.17) is 23.2 Å². The lowest BCUT2D eigenvalue weighted by molar-refractivity contribution is 0.560. The number of thiophene rings is 1. The molecule has 0 saturated carbocycles. The van der Waals surface area contributed by atoms with Gasteiger partial charge in [-0.2, -0.15) is 0 Å². The van der Waals surface area contributed by atoms with Crippen LogP contribution in [-0.2, 0) is 10.0 Å². The zero-order valence-electron chi connectivity index (χ0n) is 8.57. The van der Waals surface area contributed by atoms with Gasteiger partial charge in [0.15, 0.2) is 0 Å². The van der Waals surface area contributed by atoms with Crippen LogP contribution in [0.5, 0.6) is 0 Å². The highest BCUT2D eigenvalue weighted by atomic mass is 35.5. The molecule has 2 heterocycles. The first-order chi connectivity index (χ1) is 7.49. The Morgan fingerprint density at radius 1 is 1.47 bits per heavy atom. The van der Waals surface area contributed by atoms with E-state index in [1.807, 2.05) is 0 Å². The lowest BCUT2D eigenvalue weighted by Crippen LogP contribution is -2.36. The fourth-order valence-corrected chi connectivity index (χ4v) is 4.97. The molecule has 2 rings (SSSR count). The fourth-order valence-electron chi connectivity index (χ4n) is 1.55. The van der Waals surface area contributed by atoms with Crippen LogP contribution in [0, 0.1) is 0 Å². The van der Waals surface area contributed by atoms with Gasteiger partial charge in [-0.1, -0.05) is 23.2 Å². The molecule has 1 saturated heterocycles. The Labute approximate surface area is 120 Å². The number of hydrogen-bond donors (Lipinski definition) is 2. The van der Waals surface area contributed by atoms with E-state index in [9.17, 15) is 8.42 Å². The van der Waals surface area contributed by atoms with E-state index in [2.05, 4.69) is 10.0 Å². The van der Waals surface area contributed by atoms with Crippen LogP contribution >= 0.6 is 46.9 Å². The monoisotopic (exact) mass is 336 g/mol. The molecule has 1 aromatic rings. The highest BCUT2D eigenvalue weighted by Crippen LogP contribution is 2.34. The van der Waals surface area contributed by atoms with Crippen LogP contribution in [0.15, 0.2) is 11.0 Å². The summed E-state index contributed by atoms with van der Waals surface area (Å²) in [5, 5.41) is 3.08. The third-order valence-corrected chi connectivity index (χ3v) is 5.57. The Balaban J connectivity index is 0.00000144. The van der Waals surface area contributed by atoms with Gasteiger partial charge in [0.25, 0.3) is 0 Å². The van der Waals surface area contributed by atoms with Crippen LogP contribution in [0.1, 0.15) is 6.42 Å². The summed E-state index contributed by atoms with van der Waals surface area (Å²) in [4.78, 5) is 0.0658. The van der Waals surface area contributed by atoms with E-state index in [0.29, 0.717) is 10.9 Å². The molecular weight excluding hydrogens is 327 g/mol. The van der Waals surface area contributed by atoms with Crippen LogP contribution in [0.2, 0.25) is 8.67 Å². The molecule has 1 unspecified atom stereocenters. The van der Waals surface area contributed by atoms with E-state index in [1.165, 1.54) is 6.07 Å². The fraction of sp³-hybridized carbons (Fsp3) is 0.500. The molecule has 0 amide bonds. The predicted octanol–water partition coefficient (Wildman–Crippen LogP) is 2.12. The topological polar surface area (TPSA) is 58.2 Å². The van der Waals surface area contributed by atoms with E-state index in [-0.39, 0.29) is 27.7 Å². The first-order valence-corrected chi connectivity index (χ1v) is 7.72. The second-order valence-electron chi connectivity index (χ2n) is 3.50. The largest absolute Gasteiger partial charge is 0.315 e. The zero-order chi connectivity index (χ0) is 11.8. The van der Waals surface area contributed by atoms with Gasteiger partial charge in [0.05, 0.1) is 4.34 Å². The Hall–Kier alpha value is 0.440. The third kappa shape index (κ3) is 3.70. The zero-order valence-corrected chi connectivity index (χ0v) is 12.5. The maximum Gasteiger partial charge on any atom is 0.243 e. The molecule has 0 aromatic carbocycles. The maximum absolute atomic E-state index is 11.9. The van der Waals surface area contributed by atoms with Gasteiger partial charge in [0.2, 0.25) is 10.0 Å². The Bertz CT molecular complexity index is 483. The maximum atomic E-state index is 11.9. The summed E-state index contributed by atoms with van der Waals surface area (Å²) in [6.45, 7) is 1.47. The van der Waals surface area contributed by atoms with Crippen LogP contribution < -0.4 is 10.0 Å². The third-order valence-electron chi connectivity index (χ3n) is 2.30. The normalized spacial score (nSPS) is 20.2. The minimum atomic E-state index is -3.55. The molecule has 0 bridgehead atoms. The summed E-state index contributed by atoms with van der Waals surface area (Å²) < 4.78 is 27.1. The molecule has 2 N–H and O–H groups in total. The van der Waals surface area contributed by atoms with Crippen molar-refractivity contribution < 1.29 is 8.42 Å². The average Bonchev–Trinajstić information content (AvgIpc) is 2.75. The molecule has 17 heavy (non-hydrogen) atoms. The highest BCUT2D eigenvalue weighted by molar-refractivity contribution is 7.89. The minimum Gasteiger partial charge on any atom is -0.315 e. The van der Waals surface area contributed by atoms with Crippen molar-refractivity contribution in [3.8, 4) is 0 Å².